The number of benzene rings is 1. The Kier molecular flexibility index (Phi) is 3.62. The lowest BCUT2D eigenvalue weighted by Gasteiger charge is -2.16. The van der Waals surface area contributed by atoms with Crippen molar-refractivity contribution in [3.05, 3.63) is 64.0 Å². The van der Waals surface area contributed by atoms with Gasteiger partial charge >= 0.3 is 0 Å². The Bertz CT molecular complexity index is 624. The molecule has 0 amide bonds. The summed E-state index contributed by atoms with van der Waals surface area (Å²) in [4.78, 5) is 4.23. The Morgan fingerprint density at radius 2 is 1.74 bits per heavy atom. The molecular weight excluding hydrogens is 246 g/mol. The molecule has 0 aliphatic rings. The van der Waals surface area contributed by atoms with Gasteiger partial charge in [-0.15, -0.1) is 0 Å². The van der Waals surface area contributed by atoms with Crippen molar-refractivity contribution >= 4 is 0 Å². The highest BCUT2D eigenvalue weighted by atomic mass is 19.2. The van der Waals surface area contributed by atoms with Crippen LogP contribution in [0.1, 0.15) is 34.0 Å². The van der Waals surface area contributed by atoms with Crippen LogP contribution in [-0.4, -0.2) is 4.98 Å². The number of aryl methyl sites for hydroxylation is 3. The molecule has 100 valence electrons. The van der Waals surface area contributed by atoms with E-state index in [2.05, 4.69) is 4.98 Å². The van der Waals surface area contributed by atoms with Gasteiger partial charge in [0.15, 0.2) is 11.6 Å². The summed E-state index contributed by atoms with van der Waals surface area (Å²) >= 11 is 0. The van der Waals surface area contributed by atoms with E-state index in [0.717, 1.165) is 11.1 Å². The molecule has 2 N–H and O–H groups in total. The SMILES string of the molecule is Cc1cnc(C(N)c2ccc(C)c(F)c2F)c(C)c1. The maximum absolute atomic E-state index is 13.9. The van der Waals surface area contributed by atoms with Crippen LogP contribution in [0.4, 0.5) is 8.78 Å². The molecule has 4 heteroatoms. The Morgan fingerprint density at radius 1 is 1.05 bits per heavy atom. The lowest BCUT2D eigenvalue weighted by Crippen LogP contribution is -2.17. The van der Waals surface area contributed by atoms with Crippen molar-refractivity contribution in [2.45, 2.75) is 26.8 Å². The Labute approximate surface area is 111 Å². The summed E-state index contributed by atoms with van der Waals surface area (Å²) < 4.78 is 27.5. The van der Waals surface area contributed by atoms with Crippen LogP contribution < -0.4 is 5.73 Å². The number of pyridine rings is 1. The smallest absolute Gasteiger partial charge is 0.164 e. The molecule has 19 heavy (non-hydrogen) atoms. The minimum absolute atomic E-state index is 0.127. The van der Waals surface area contributed by atoms with Crippen molar-refractivity contribution in [3.63, 3.8) is 0 Å². The molecule has 2 aromatic rings. The molecule has 1 atom stereocenters. The van der Waals surface area contributed by atoms with Gasteiger partial charge in [0.25, 0.3) is 0 Å². The van der Waals surface area contributed by atoms with E-state index in [9.17, 15) is 8.78 Å². The van der Waals surface area contributed by atoms with Gasteiger partial charge < -0.3 is 5.73 Å². The Morgan fingerprint density at radius 3 is 2.37 bits per heavy atom. The third kappa shape index (κ3) is 2.49. The summed E-state index contributed by atoms with van der Waals surface area (Å²) in [7, 11) is 0. The second-order valence-electron chi connectivity index (χ2n) is 4.79. The van der Waals surface area contributed by atoms with E-state index in [1.165, 1.54) is 19.1 Å². The van der Waals surface area contributed by atoms with E-state index in [-0.39, 0.29) is 11.1 Å². The van der Waals surface area contributed by atoms with Crippen LogP contribution in [0.15, 0.2) is 24.4 Å². The first-order chi connectivity index (χ1) is 8.91. The molecule has 2 nitrogen and oxygen atoms in total. The van der Waals surface area contributed by atoms with Gasteiger partial charge in [-0.2, -0.15) is 0 Å². The second kappa shape index (κ2) is 5.05. The van der Waals surface area contributed by atoms with Gasteiger partial charge in [0.05, 0.1) is 11.7 Å². The van der Waals surface area contributed by atoms with Gasteiger partial charge in [-0.05, 0) is 37.5 Å². The first-order valence-electron chi connectivity index (χ1n) is 6.05. The van der Waals surface area contributed by atoms with Crippen molar-refractivity contribution in [1.29, 1.82) is 0 Å². The van der Waals surface area contributed by atoms with Gasteiger partial charge in [0, 0.05) is 11.8 Å². The Balaban J connectivity index is 2.50. The molecule has 0 saturated heterocycles. The summed E-state index contributed by atoms with van der Waals surface area (Å²) in [5.74, 6) is -1.74. The predicted octanol–water partition coefficient (Wildman–Crippen LogP) is 3.33. The topological polar surface area (TPSA) is 38.9 Å². The van der Waals surface area contributed by atoms with Crippen LogP contribution >= 0.6 is 0 Å². The summed E-state index contributed by atoms with van der Waals surface area (Å²) in [5, 5.41) is 0. The third-order valence-electron chi connectivity index (χ3n) is 3.19. The lowest BCUT2D eigenvalue weighted by molar-refractivity contribution is 0.488. The van der Waals surface area contributed by atoms with Crippen molar-refractivity contribution in [3.8, 4) is 0 Å². The summed E-state index contributed by atoms with van der Waals surface area (Å²) in [6, 6.07) is 4.19. The summed E-state index contributed by atoms with van der Waals surface area (Å²) in [5.41, 5.74) is 8.85. The number of hydrogen-bond donors (Lipinski definition) is 1. The molecule has 0 spiro atoms. The quantitative estimate of drug-likeness (QED) is 0.901. The van der Waals surface area contributed by atoms with E-state index in [1.807, 2.05) is 19.9 Å². The van der Waals surface area contributed by atoms with Gasteiger partial charge in [-0.25, -0.2) is 8.78 Å². The molecule has 0 aliphatic carbocycles. The number of nitrogens with two attached hydrogens (primary N) is 1. The molecular formula is C15H16F2N2. The van der Waals surface area contributed by atoms with Crippen molar-refractivity contribution in [2.75, 3.05) is 0 Å². The molecule has 2 rings (SSSR count). The molecule has 0 saturated carbocycles. The Hall–Kier alpha value is -1.81. The van der Waals surface area contributed by atoms with Crippen LogP contribution in [0.5, 0.6) is 0 Å². The number of aromatic nitrogens is 1. The van der Waals surface area contributed by atoms with Gasteiger partial charge in [-0.3, -0.25) is 4.98 Å². The zero-order valence-corrected chi connectivity index (χ0v) is 11.2. The standard InChI is InChI=1S/C15H16F2N2/c1-8-6-10(3)15(19-7-8)14(18)11-5-4-9(2)12(16)13(11)17/h4-7,14H,18H2,1-3H3. The van der Waals surface area contributed by atoms with Crippen LogP contribution in [0.3, 0.4) is 0 Å². The molecule has 1 unspecified atom stereocenters. The molecule has 0 fully saturated rings. The molecule has 0 radical (unpaired) electrons. The minimum atomic E-state index is -0.894. The molecule has 0 bridgehead atoms. The van der Waals surface area contributed by atoms with Gasteiger partial charge in [0.1, 0.15) is 0 Å². The van der Waals surface area contributed by atoms with E-state index in [4.69, 9.17) is 5.73 Å². The normalized spacial score (nSPS) is 12.5. The van der Waals surface area contributed by atoms with Crippen LogP contribution in [0, 0.1) is 32.4 Å². The fraction of sp³-hybridized carbons (Fsp3) is 0.267. The highest BCUT2D eigenvalue weighted by molar-refractivity contribution is 5.36. The van der Waals surface area contributed by atoms with Crippen LogP contribution in [0.25, 0.3) is 0 Å². The predicted molar refractivity (Wildman–Crippen MR) is 70.8 cm³/mol. The number of nitrogens with zero attached hydrogens (tertiary/aromatic N) is 1. The zero-order valence-electron chi connectivity index (χ0n) is 11.2. The fourth-order valence-corrected chi connectivity index (χ4v) is 2.10. The average Bonchev–Trinajstić information content (AvgIpc) is 2.35. The maximum Gasteiger partial charge on any atom is 0.164 e. The highest BCUT2D eigenvalue weighted by Gasteiger charge is 2.20. The summed E-state index contributed by atoms with van der Waals surface area (Å²) in [6.45, 7) is 5.29. The first kappa shape index (κ1) is 13.6. The molecule has 1 heterocycles. The molecule has 1 aromatic carbocycles. The van der Waals surface area contributed by atoms with Gasteiger partial charge in [0.2, 0.25) is 0 Å². The van der Waals surface area contributed by atoms with Crippen molar-refractivity contribution in [2.24, 2.45) is 5.73 Å². The molecule has 1 aromatic heterocycles. The molecule has 0 aliphatic heterocycles. The monoisotopic (exact) mass is 262 g/mol. The second-order valence-corrected chi connectivity index (χ2v) is 4.79. The van der Waals surface area contributed by atoms with Crippen molar-refractivity contribution < 1.29 is 8.78 Å². The zero-order chi connectivity index (χ0) is 14.2. The highest BCUT2D eigenvalue weighted by Crippen LogP contribution is 2.26. The van der Waals surface area contributed by atoms with E-state index < -0.39 is 17.7 Å². The lowest BCUT2D eigenvalue weighted by atomic mass is 9.98. The average molecular weight is 262 g/mol. The fourth-order valence-electron chi connectivity index (χ4n) is 2.10. The number of halogens is 2. The van der Waals surface area contributed by atoms with Gasteiger partial charge in [-0.1, -0.05) is 18.2 Å². The van der Waals surface area contributed by atoms with E-state index in [1.54, 1.807) is 6.20 Å². The summed E-state index contributed by atoms with van der Waals surface area (Å²) in [6.07, 6.45) is 1.67. The van der Waals surface area contributed by atoms with Crippen LogP contribution in [0.2, 0.25) is 0 Å². The first-order valence-corrected chi connectivity index (χ1v) is 6.05. The van der Waals surface area contributed by atoms with E-state index >= 15 is 0 Å². The number of hydrogen-bond acceptors (Lipinski definition) is 2. The minimum Gasteiger partial charge on any atom is -0.319 e. The maximum atomic E-state index is 13.9. The van der Waals surface area contributed by atoms with Crippen LogP contribution in [-0.2, 0) is 0 Å². The third-order valence-corrected chi connectivity index (χ3v) is 3.19. The number of rotatable bonds is 2. The largest absolute Gasteiger partial charge is 0.319 e. The van der Waals surface area contributed by atoms with Crippen molar-refractivity contribution in [1.82, 2.24) is 4.98 Å². The van der Waals surface area contributed by atoms with E-state index in [0.29, 0.717) is 5.69 Å².